The van der Waals surface area contributed by atoms with Crippen LogP contribution in [0.1, 0.15) is 53.9 Å². The highest BCUT2D eigenvalue weighted by Crippen LogP contribution is 2.45. The largest absolute Gasteiger partial charge is 0.131 e. The van der Waals surface area contributed by atoms with E-state index in [2.05, 4.69) is 56.0 Å². The molecule has 94 valence electrons. The van der Waals surface area contributed by atoms with E-state index in [4.69, 9.17) is 0 Å². The molecule has 6 atom stereocenters. The molecule has 0 aromatic carbocycles. The maximum absolute atomic E-state index is 3.16. The zero-order valence-corrected chi connectivity index (χ0v) is 12.8. The Balaban J connectivity index is 2.70. The van der Waals surface area contributed by atoms with Crippen LogP contribution in [-0.2, 0) is 0 Å². The minimum Gasteiger partial charge on any atom is -0.131 e. The Labute approximate surface area is 104 Å². The quantitative estimate of drug-likeness (QED) is 0.473. The first-order valence-corrected chi connectivity index (χ1v) is 7.44. The van der Waals surface area contributed by atoms with E-state index >= 15 is 0 Å². The second kappa shape index (κ2) is 5.67. The highest BCUT2D eigenvalue weighted by Gasteiger charge is 2.38. The molecule has 0 saturated heterocycles. The first-order chi connectivity index (χ1) is 7.41. The van der Waals surface area contributed by atoms with Gasteiger partial charge in [-0.3, -0.25) is 0 Å². The molecule has 6 unspecified atom stereocenters. The lowest BCUT2D eigenvalue weighted by Crippen LogP contribution is -2.38. The molecular weight excluding hydrogens is 211 g/mol. The van der Waals surface area contributed by atoms with Crippen molar-refractivity contribution < 1.29 is 0 Å². The van der Waals surface area contributed by atoms with Crippen LogP contribution < -0.4 is 0 Å². The summed E-state index contributed by atoms with van der Waals surface area (Å²) in [6, 6.07) is 0. The zero-order chi connectivity index (χ0) is 12.3. The molecule has 0 aromatic heterocycles. The molecular formula is C15H29P. The second-order valence-electron chi connectivity index (χ2n) is 6.06. The molecule has 16 heavy (non-hydrogen) atoms. The van der Waals surface area contributed by atoms with Gasteiger partial charge in [0, 0.05) is 0 Å². The third-order valence-corrected chi connectivity index (χ3v) is 5.96. The fraction of sp³-hybridized carbons (Fsp3) is 0.867. The molecule has 0 N–H and O–H groups in total. The Kier molecular flexibility index (Phi) is 5.05. The van der Waals surface area contributed by atoms with E-state index in [9.17, 15) is 0 Å². The summed E-state index contributed by atoms with van der Waals surface area (Å²) in [7, 11) is 3.16. The molecule has 0 aliphatic heterocycles. The average Bonchev–Trinajstić information content (AvgIpc) is 2.63. The standard InChI is InChI=1S/C15H29P/c1-6-8-12(3)15(5,16)13(4)14-10-7-9-11(14)2/h7,10-14H,6,8-9,16H2,1-5H3. The number of rotatable bonds is 5. The van der Waals surface area contributed by atoms with Crippen molar-refractivity contribution >= 4 is 9.24 Å². The van der Waals surface area contributed by atoms with Crippen LogP contribution in [0.15, 0.2) is 12.2 Å². The average molecular weight is 240 g/mol. The Hall–Kier alpha value is 0.170. The monoisotopic (exact) mass is 240 g/mol. The van der Waals surface area contributed by atoms with Crippen molar-refractivity contribution in [2.45, 2.75) is 59.0 Å². The Bertz CT molecular complexity index is 242. The van der Waals surface area contributed by atoms with Crippen LogP contribution in [0.4, 0.5) is 0 Å². The lowest BCUT2D eigenvalue weighted by atomic mass is 9.72. The highest BCUT2D eigenvalue weighted by atomic mass is 31.0. The molecule has 0 amide bonds. The van der Waals surface area contributed by atoms with E-state index < -0.39 is 0 Å². The molecule has 1 rings (SSSR count). The summed E-state index contributed by atoms with van der Waals surface area (Å²) in [5, 5.41) is 0.379. The molecule has 1 heteroatoms. The molecule has 0 saturated carbocycles. The maximum Gasteiger partial charge on any atom is -0.0122 e. The van der Waals surface area contributed by atoms with Gasteiger partial charge in [-0.2, -0.15) is 0 Å². The Morgan fingerprint density at radius 2 is 2.06 bits per heavy atom. The van der Waals surface area contributed by atoms with Crippen molar-refractivity contribution in [3.63, 3.8) is 0 Å². The summed E-state index contributed by atoms with van der Waals surface area (Å²) in [6.45, 7) is 12.0. The van der Waals surface area contributed by atoms with Gasteiger partial charge in [-0.05, 0) is 35.2 Å². The van der Waals surface area contributed by atoms with Crippen LogP contribution in [0.3, 0.4) is 0 Å². The molecule has 1 aliphatic carbocycles. The van der Waals surface area contributed by atoms with Gasteiger partial charge in [0.2, 0.25) is 0 Å². The maximum atomic E-state index is 3.16. The molecule has 0 fully saturated rings. The van der Waals surface area contributed by atoms with E-state index in [0.717, 1.165) is 23.7 Å². The van der Waals surface area contributed by atoms with E-state index in [0.29, 0.717) is 5.16 Å². The van der Waals surface area contributed by atoms with Crippen LogP contribution >= 0.6 is 9.24 Å². The van der Waals surface area contributed by atoms with Crippen molar-refractivity contribution in [1.29, 1.82) is 0 Å². The van der Waals surface area contributed by atoms with E-state index in [1.54, 1.807) is 0 Å². The third-order valence-electron chi connectivity index (χ3n) is 4.87. The van der Waals surface area contributed by atoms with Gasteiger partial charge >= 0.3 is 0 Å². The van der Waals surface area contributed by atoms with Gasteiger partial charge in [-0.25, -0.2) is 0 Å². The predicted molar refractivity (Wildman–Crippen MR) is 77.8 cm³/mol. The van der Waals surface area contributed by atoms with Crippen molar-refractivity contribution in [3.8, 4) is 0 Å². The van der Waals surface area contributed by atoms with Gasteiger partial charge in [-0.15, -0.1) is 9.24 Å². The highest BCUT2D eigenvalue weighted by molar-refractivity contribution is 7.19. The summed E-state index contributed by atoms with van der Waals surface area (Å²) < 4.78 is 0. The summed E-state index contributed by atoms with van der Waals surface area (Å²) in [6.07, 6.45) is 8.74. The van der Waals surface area contributed by atoms with Crippen LogP contribution in [0.2, 0.25) is 0 Å². The Morgan fingerprint density at radius 3 is 2.50 bits per heavy atom. The lowest BCUT2D eigenvalue weighted by molar-refractivity contribution is 0.220. The van der Waals surface area contributed by atoms with Crippen molar-refractivity contribution in [2.75, 3.05) is 0 Å². The lowest BCUT2D eigenvalue weighted by Gasteiger charge is -2.41. The van der Waals surface area contributed by atoms with Gasteiger partial charge in [0.15, 0.2) is 0 Å². The predicted octanol–water partition coefficient (Wildman–Crippen LogP) is 4.90. The first kappa shape index (κ1) is 14.2. The topological polar surface area (TPSA) is 0 Å². The normalized spacial score (nSPS) is 32.4. The van der Waals surface area contributed by atoms with E-state index in [1.165, 1.54) is 19.3 Å². The van der Waals surface area contributed by atoms with Gasteiger partial charge in [0.05, 0.1) is 0 Å². The van der Waals surface area contributed by atoms with Gasteiger partial charge in [0.25, 0.3) is 0 Å². The summed E-state index contributed by atoms with van der Waals surface area (Å²) in [5.41, 5.74) is 0. The van der Waals surface area contributed by atoms with Crippen LogP contribution in [0.25, 0.3) is 0 Å². The smallest absolute Gasteiger partial charge is 0.0122 e. The van der Waals surface area contributed by atoms with Crippen molar-refractivity contribution in [2.24, 2.45) is 23.7 Å². The molecule has 0 heterocycles. The van der Waals surface area contributed by atoms with Crippen LogP contribution in [0, 0.1) is 23.7 Å². The first-order valence-electron chi connectivity index (χ1n) is 6.86. The van der Waals surface area contributed by atoms with Gasteiger partial charge in [0.1, 0.15) is 0 Å². The molecule has 0 aromatic rings. The molecule has 0 radical (unpaired) electrons. The van der Waals surface area contributed by atoms with Crippen molar-refractivity contribution in [3.05, 3.63) is 12.2 Å². The summed E-state index contributed by atoms with van der Waals surface area (Å²) >= 11 is 0. The molecule has 1 aliphatic rings. The van der Waals surface area contributed by atoms with Crippen LogP contribution in [-0.4, -0.2) is 5.16 Å². The van der Waals surface area contributed by atoms with Crippen LogP contribution in [0.5, 0.6) is 0 Å². The van der Waals surface area contributed by atoms with Crippen molar-refractivity contribution in [1.82, 2.24) is 0 Å². The number of allylic oxidation sites excluding steroid dienone is 2. The number of hydrogen-bond acceptors (Lipinski definition) is 0. The van der Waals surface area contributed by atoms with Gasteiger partial charge in [-0.1, -0.05) is 59.6 Å². The van der Waals surface area contributed by atoms with Gasteiger partial charge < -0.3 is 0 Å². The Morgan fingerprint density at radius 1 is 1.44 bits per heavy atom. The fourth-order valence-corrected chi connectivity index (χ4v) is 3.45. The minimum atomic E-state index is 0.379. The number of hydrogen-bond donors (Lipinski definition) is 0. The molecule has 0 spiro atoms. The SMILES string of the molecule is CCCC(C)C(C)(P)C(C)C1C=CCC1C. The fourth-order valence-electron chi connectivity index (χ4n) is 3.06. The third kappa shape index (κ3) is 2.89. The molecule has 0 bridgehead atoms. The summed E-state index contributed by atoms with van der Waals surface area (Å²) in [4.78, 5) is 0. The van der Waals surface area contributed by atoms with E-state index in [-0.39, 0.29) is 0 Å². The minimum absolute atomic E-state index is 0.379. The molecule has 0 nitrogen and oxygen atoms in total. The zero-order valence-electron chi connectivity index (χ0n) is 11.7. The van der Waals surface area contributed by atoms with E-state index in [1.807, 2.05) is 0 Å². The summed E-state index contributed by atoms with van der Waals surface area (Å²) in [5.74, 6) is 3.16. The second-order valence-corrected chi connectivity index (χ2v) is 7.31.